The van der Waals surface area contributed by atoms with Gasteiger partial charge in [0.2, 0.25) is 0 Å². The average Bonchev–Trinajstić information content (AvgIpc) is 2.42. The Morgan fingerprint density at radius 2 is 2.21 bits per heavy atom. The molecular formula is C11H10N4O3S. The lowest BCUT2D eigenvalue weighted by molar-refractivity contribution is -0.000512. The quantitative estimate of drug-likeness (QED) is 0.851. The molecule has 0 aromatic carbocycles. The van der Waals surface area contributed by atoms with Gasteiger partial charge in [-0.2, -0.15) is 8.42 Å². The SMILES string of the molecule is O=S(=O)(N=N/C=C1\C=CC=CN1O)c1cccnc1. The number of aromatic nitrogens is 1. The van der Waals surface area contributed by atoms with Gasteiger partial charge in [-0.3, -0.25) is 10.2 Å². The van der Waals surface area contributed by atoms with Gasteiger partial charge >= 0.3 is 10.0 Å². The minimum absolute atomic E-state index is 0.0444. The Balaban J connectivity index is 2.18. The molecule has 0 spiro atoms. The molecule has 0 bridgehead atoms. The molecule has 1 aromatic rings. The van der Waals surface area contributed by atoms with Gasteiger partial charge < -0.3 is 0 Å². The molecule has 8 heteroatoms. The van der Waals surface area contributed by atoms with Crippen LogP contribution >= 0.6 is 0 Å². The van der Waals surface area contributed by atoms with Crippen molar-refractivity contribution in [2.45, 2.75) is 4.90 Å². The maximum Gasteiger partial charge on any atom is 0.301 e. The van der Waals surface area contributed by atoms with E-state index in [1.165, 1.54) is 30.7 Å². The molecule has 7 nitrogen and oxygen atoms in total. The summed E-state index contributed by atoms with van der Waals surface area (Å²) in [6, 6.07) is 2.86. The summed E-state index contributed by atoms with van der Waals surface area (Å²) in [6.07, 6.45) is 10.00. The highest BCUT2D eigenvalue weighted by molar-refractivity contribution is 7.90. The third kappa shape index (κ3) is 3.33. The summed E-state index contributed by atoms with van der Waals surface area (Å²) in [4.78, 5) is 3.65. The van der Waals surface area contributed by atoms with Crippen LogP contribution in [0, 0.1) is 0 Å². The topological polar surface area (TPSA) is 95.2 Å². The van der Waals surface area contributed by atoms with Crippen molar-refractivity contribution >= 4 is 10.0 Å². The molecule has 0 aliphatic carbocycles. The Morgan fingerprint density at radius 3 is 2.89 bits per heavy atom. The van der Waals surface area contributed by atoms with Gasteiger partial charge in [-0.15, -0.1) is 5.11 Å². The zero-order valence-corrected chi connectivity index (χ0v) is 10.5. The fourth-order valence-electron chi connectivity index (χ4n) is 1.24. The second kappa shape index (κ2) is 5.55. The number of hydrogen-bond donors (Lipinski definition) is 1. The number of hydroxylamine groups is 2. The number of rotatable bonds is 3. The molecule has 1 aromatic heterocycles. The van der Waals surface area contributed by atoms with E-state index in [1.54, 1.807) is 18.2 Å². The van der Waals surface area contributed by atoms with Crippen LogP contribution in [0.1, 0.15) is 0 Å². The number of hydrogen-bond acceptors (Lipinski definition) is 6. The van der Waals surface area contributed by atoms with Gasteiger partial charge in [-0.1, -0.05) is 10.6 Å². The first-order valence-corrected chi connectivity index (χ1v) is 6.64. The van der Waals surface area contributed by atoms with Crippen LogP contribution in [0.2, 0.25) is 0 Å². The first-order valence-electron chi connectivity index (χ1n) is 5.20. The van der Waals surface area contributed by atoms with Crippen LogP contribution in [-0.2, 0) is 10.0 Å². The van der Waals surface area contributed by atoms with Crippen LogP contribution in [0.3, 0.4) is 0 Å². The van der Waals surface area contributed by atoms with Crippen LogP contribution in [0.15, 0.2) is 75.4 Å². The Hall–Kier alpha value is -2.32. The largest absolute Gasteiger partial charge is 0.301 e. The van der Waals surface area contributed by atoms with Crippen molar-refractivity contribution in [2.24, 2.45) is 9.63 Å². The number of allylic oxidation sites excluding steroid dienone is 3. The minimum atomic E-state index is -3.87. The third-order valence-corrected chi connectivity index (χ3v) is 3.29. The van der Waals surface area contributed by atoms with Crippen LogP contribution in [0.25, 0.3) is 0 Å². The molecule has 2 heterocycles. The van der Waals surface area contributed by atoms with E-state index >= 15 is 0 Å². The second-order valence-corrected chi connectivity index (χ2v) is 5.04. The molecule has 0 radical (unpaired) electrons. The Morgan fingerprint density at radius 1 is 1.37 bits per heavy atom. The second-order valence-electron chi connectivity index (χ2n) is 3.46. The fourth-order valence-corrected chi connectivity index (χ4v) is 1.95. The maximum atomic E-state index is 11.7. The highest BCUT2D eigenvalue weighted by atomic mass is 32.2. The van der Waals surface area contributed by atoms with Gasteiger partial charge in [0.25, 0.3) is 0 Å². The Kier molecular flexibility index (Phi) is 3.83. The Labute approximate surface area is 109 Å². The van der Waals surface area contributed by atoms with E-state index in [9.17, 15) is 13.6 Å². The summed E-state index contributed by atoms with van der Waals surface area (Å²) in [6.45, 7) is 0. The standard InChI is InChI=1S/C11H10N4O3S/c16-15-7-2-1-4-10(15)8-13-14-19(17,18)11-5-3-6-12-9-11/h1-9,16H/b10-8+,14-13?. The monoisotopic (exact) mass is 278 g/mol. The van der Waals surface area contributed by atoms with E-state index in [0.29, 0.717) is 5.70 Å². The predicted octanol–water partition coefficient (Wildman–Crippen LogP) is 1.84. The van der Waals surface area contributed by atoms with Crippen molar-refractivity contribution in [2.75, 3.05) is 0 Å². The van der Waals surface area contributed by atoms with Gasteiger partial charge in [0, 0.05) is 18.6 Å². The van der Waals surface area contributed by atoms with E-state index in [0.717, 1.165) is 11.3 Å². The summed E-state index contributed by atoms with van der Waals surface area (Å²) in [5.41, 5.74) is 0.299. The highest BCUT2D eigenvalue weighted by Gasteiger charge is 2.12. The van der Waals surface area contributed by atoms with Gasteiger partial charge in [0.05, 0.1) is 11.9 Å². The van der Waals surface area contributed by atoms with Gasteiger partial charge in [-0.25, -0.2) is 5.06 Å². The molecule has 0 unspecified atom stereocenters. The number of nitrogens with zero attached hydrogens (tertiary/aromatic N) is 4. The summed E-state index contributed by atoms with van der Waals surface area (Å²) < 4.78 is 26.7. The molecule has 1 N–H and O–H groups in total. The first-order chi connectivity index (χ1) is 9.09. The van der Waals surface area contributed by atoms with Crippen molar-refractivity contribution in [3.63, 3.8) is 0 Å². The van der Waals surface area contributed by atoms with E-state index < -0.39 is 10.0 Å². The molecule has 0 saturated heterocycles. The molecule has 1 aliphatic rings. The van der Waals surface area contributed by atoms with E-state index in [4.69, 9.17) is 0 Å². The van der Waals surface area contributed by atoms with Gasteiger partial charge in [0.15, 0.2) is 0 Å². The molecule has 0 amide bonds. The van der Waals surface area contributed by atoms with E-state index in [1.807, 2.05) is 0 Å². The lowest BCUT2D eigenvalue weighted by atomic mass is 10.3. The maximum absolute atomic E-state index is 11.7. The molecule has 1 aliphatic heterocycles. The van der Waals surface area contributed by atoms with Crippen LogP contribution in [0.4, 0.5) is 0 Å². The fraction of sp³-hybridized carbons (Fsp3) is 0. The smallest absolute Gasteiger partial charge is 0.284 e. The number of sulfonamides is 1. The highest BCUT2D eigenvalue weighted by Crippen LogP contribution is 2.12. The normalized spacial score (nSPS) is 17.5. The molecule has 0 fully saturated rings. The summed E-state index contributed by atoms with van der Waals surface area (Å²) in [5, 5.41) is 13.6. The summed E-state index contributed by atoms with van der Waals surface area (Å²) in [5.74, 6) is 0. The molecule has 0 atom stereocenters. The van der Waals surface area contributed by atoms with E-state index in [-0.39, 0.29) is 4.90 Å². The average molecular weight is 278 g/mol. The van der Waals surface area contributed by atoms with Crippen molar-refractivity contribution < 1.29 is 13.6 Å². The predicted molar refractivity (Wildman–Crippen MR) is 66.3 cm³/mol. The lowest BCUT2D eigenvalue weighted by Crippen LogP contribution is -2.10. The van der Waals surface area contributed by atoms with Crippen molar-refractivity contribution in [3.05, 3.63) is 60.9 Å². The van der Waals surface area contributed by atoms with E-state index in [2.05, 4.69) is 14.6 Å². The van der Waals surface area contributed by atoms with Crippen LogP contribution < -0.4 is 0 Å². The van der Waals surface area contributed by atoms with Gasteiger partial charge in [0.1, 0.15) is 4.90 Å². The molecule has 98 valence electrons. The van der Waals surface area contributed by atoms with Crippen molar-refractivity contribution in [1.29, 1.82) is 0 Å². The lowest BCUT2D eigenvalue weighted by Gasteiger charge is -2.13. The van der Waals surface area contributed by atoms with Crippen LogP contribution in [-0.4, -0.2) is 23.7 Å². The number of pyridine rings is 1. The molecule has 2 rings (SSSR count). The molecule has 0 saturated carbocycles. The Bertz CT molecular complexity index is 662. The summed E-state index contributed by atoms with van der Waals surface area (Å²) >= 11 is 0. The molecule has 19 heavy (non-hydrogen) atoms. The molecular weight excluding hydrogens is 268 g/mol. The van der Waals surface area contributed by atoms with Crippen LogP contribution in [0.5, 0.6) is 0 Å². The zero-order chi connectivity index (χ0) is 13.7. The third-order valence-electron chi connectivity index (χ3n) is 2.15. The zero-order valence-electron chi connectivity index (χ0n) is 9.66. The van der Waals surface area contributed by atoms with Gasteiger partial charge in [-0.05, 0) is 24.3 Å². The van der Waals surface area contributed by atoms with Crippen molar-refractivity contribution in [3.8, 4) is 0 Å². The summed E-state index contributed by atoms with van der Waals surface area (Å²) in [7, 11) is -3.87. The first kappa shape index (κ1) is 13.1. The minimum Gasteiger partial charge on any atom is -0.284 e. The van der Waals surface area contributed by atoms with Crippen molar-refractivity contribution in [1.82, 2.24) is 10.0 Å².